The molecule has 0 aromatic heterocycles. The van der Waals surface area contributed by atoms with Crippen molar-refractivity contribution in [3.63, 3.8) is 0 Å². The zero-order valence-electron chi connectivity index (χ0n) is 16.2. The Balaban J connectivity index is 1.76. The van der Waals surface area contributed by atoms with Crippen LogP contribution in [0.5, 0.6) is 11.5 Å². The molecule has 3 aromatic rings. The Hall–Kier alpha value is -3.03. The number of primary sulfonamides is 1. The first-order valence-electron chi connectivity index (χ1n) is 9.25. The van der Waals surface area contributed by atoms with Crippen molar-refractivity contribution in [1.29, 1.82) is 0 Å². The highest BCUT2D eigenvalue weighted by Crippen LogP contribution is 2.32. The van der Waals surface area contributed by atoms with Crippen LogP contribution < -0.4 is 19.9 Å². The number of benzene rings is 3. The van der Waals surface area contributed by atoms with Gasteiger partial charge in [-0.05, 0) is 42.8 Å². The number of hydrogen-bond acceptors (Lipinski definition) is 5. The molecule has 0 amide bonds. The van der Waals surface area contributed by atoms with Crippen LogP contribution in [0, 0.1) is 0 Å². The number of ether oxygens (including phenoxy) is 2. The van der Waals surface area contributed by atoms with Crippen molar-refractivity contribution in [2.75, 3.05) is 11.9 Å². The molecular weight excluding hydrogens is 388 g/mol. The number of rotatable bonds is 9. The highest BCUT2D eigenvalue weighted by atomic mass is 32.2. The average Bonchev–Trinajstić information content (AvgIpc) is 2.72. The summed E-state index contributed by atoms with van der Waals surface area (Å²) in [7, 11) is -3.70. The Labute approximate surface area is 171 Å². The van der Waals surface area contributed by atoms with Crippen molar-refractivity contribution in [3.8, 4) is 11.5 Å². The fraction of sp³-hybridized carbons (Fsp3) is 0.182. The Kier molecular flexibility index (Phi) is 6.74. The van der Waals surface area contributed by atoms with Crippen molar-refractivity contribution >= 4 is 15.7 Å². The topological polar surface area (TPSA) is 90.6 Å². The van der Waals surface area contributed by atoms with Crippen LogP contribution in [0.1, 0.15) is 18.1 Å². The lowest BCUT2D eigenvalue weighted by molar-refractivity contribution is 0.267. The van der Waals surface area contributed by atoms with E-state index in [1.165, 1.54) is 12.1 Å². The molecule has 152 valence electrons. The summed E-state index contributed by atoms with van der Waals surface area (Å²) in [5.74, 6) is 1.37. The summed E-state index contributed by atoms with van der Waals surface area (Å²) in [6.07, 6.45) is 0. The second kappa shape index (κ2) is 9.45. The molecule has 0 spiro atoms. The van der Waals surface area contributed by atoms with Gasteiger partial charge in [-0.15, -0.1) is 0 Å². The first kappa shape index (κ1) is 20.7. The zero-order valence-corrected chi connectivity index (χ0v) is 17.0. The summed E-state index contributed by atoms with van der Waals surface area (Å²) in [6.45, 7) is 3.38. The molecule has 0 aliphatic heterocycles. The van der Waals surface area contributed by atoms with E-state index in [1.54, 1.807) is 12.1 Å². The van der Waals surface area contributed by atoms with Gasteiger partial charge in [-0.3, -0.25) is 0 Å². The van der Waals surface area contributed by atoms with Gasteiger partial charge in [0.15, 0.2) is 11.5 Å². The molecular formula is C22H24N2O4S. The van der Waals surface area contributed by atoms with Crippen LogP contribution in [-0.4, -0.2) is 15.0 Å². The minimum absolute atomic E-state index is 0.0771. The van der Waals surface area contributed by atoms with E-state index in [0.29, 0.717) is 31.3 Å². The van der Waals surface area contributed by atoms with E-state index in [1.807, 2.05) is 55.5 Å². The zero-order chi connectivity index (χ0) is 20.7. The van der Waals surface area contributed by atoms with Gasteiger partial charge >= 0.3 is 0 Å². The van der Waals surface area contributed by atoms with Gasteiger partial charge in [0.1, 0.15) is 6.61 Å². The monoisotopic (exact) mass is 412 g/mol. The second-order valence-electron chi connectivity index (χ2n) is 6.37. The van der Waals surface area contributed by atoms with Crippen LogP contribution in [0.2, 0.25) is 0 Å². The van der Waals surface area contributed by atoms with Gasteiger partial charge in [-0.2, -0.15) is 0 Å². The third-order valence-corrected chi connectivity index (χ3v) is 5.18. The molecule has 0 bridgehead atoms. The molecule has 0 atom stereocenters. The Morgan fingerprint density at radius 3 is 2.28 bits per heavy atom. The number of anilines is 1. The first-order chi connectivity index (χ1) is 14.0. The van der Waals surface area contributed by atoms with E-state index >= 15 is 0 Å². The molecule has 7 heteroatoms. The summed E-state index contributed by atoms with van der Waals surface area (Å²) < 4.78 is 34.6. The van der Waals surface area contributed by atoms with E-state index in [2.05, 4.69) is 5.32 Å². The molecule has 0 saturated heterocycles. The van der Waals surface area contributed by atoms with Gasteiger partial charge in [0.25, 0.3) is 0 Å². The van der Waals surface area contributed by atoms with E-state index in [9.17, 15) is 8.42 Å². The van der Waals surface area contributed by atoms with Gasteiger partial charge in [0.2, 0.25) is 10.0 Å². The van der Waals surface area contributed by atoms with Gasteiger partial charge < -0.3 is 14.8 Å². The summed E-state index contributed by atoms with van der Waals surface area (Å²) in [5, 5.41) is 8.42. The molecule has 0 unspecified atom stereocenters. The molecule has 0 aliphatic carbocycles. The summed E-state index contributed by atoms with van der Waals surface area (Å²) >= 11 is 0. The van der Waals surface area contributed by atoms with Crippen LogP contribution in [0.3, 0.4) is 0 Å². The highest BCUT2D eigenvalue weighted by molar-refractivity contribution is 7.89. The maximum absolute atomic E-state index is 11.4. The van der Waals surface area contributed by atoms with E-state index in [-0.39, 0.29) is 4.90 Å². The van der Waals surface area contributed by atoms with Crippen LogP contribution in [0.25, 0.3) is 0 Å². The number of hydrogen-bond donors (Lipinski definition) is 2. The molecule has 0 saturated carbocycles. The third kappa shape index (κ3) is 5.73. The van der Waals surface area contributed by atoms with Crippen molar-refractivity contribution in [2.45, 2.75) is 25.0 Å². The minimum Gasteiger partial charge on any atom is -0.490 e. The smallest absolute Gasteiger partial charge is 0.238 e. The summed E-state index contributed by atoms with van der Waals surface area (Å²) in [4.78, 5) is 0.0771. The van der Waals surface area contributed by atoms with Gasteiger partial charge in [-0.25, -0.2) is 13.6 Å². The van der Waals surface area contributed by atoms with Crippen LogP contribution in [-0.2, 0) is 23.2 Å². The van der Waals surface area contributed by atoms with Crippen molar-refractivity contribution < 1.29 is 17.9 Å². The fourth-order valence-corrected chi connectivity index (χ4v) is 3.34. The van der Waals surface area contributed by atoms with E-state index < -0.39 is 10.0 Å². The summed E-state index contributed by atoms with van der Waals surface area (Å²) in [6, 6.07) is 22.0. The second-order valence-corrected chi connectivity index (χ2v) is 7.94. The Bertz CT molecular complexity index is 1040. The molecule has 29 heavy (non-hydrogen) atoms. The van der Waals surface area contributed by atoms with E-state index in [4.69, 9.17) is 14.6 Å². The normalized spacial score (nSPS) is 11.1. The van der Waals surface area contributed by atoms with E-state index in [0.717, 1.165) is 16.8 Å². The predicted molar refractivity (Wildman–Crippen MR) is 114 cm³/mol. The van der Waals surface area contributed by atoms with Crippen LogP contribution >= 0.6 is 0 Å². The molecule has 0 fully saturated rings. The molecule has 3 N–H and O–H groups in total. The lowest BCUT2D eigenvalue weighted by Crippen LogP contribution is -2.12. The van der Waals surface area contributed by atoms with Gasteiger partial charge in [0.05, 0.1) is 11.5 Å². The van der Waals surface area contributed by atoms with Gasteiger partial charge in [0, 0.05) is 17.8 Å². The standard InChI is InChI=1S/C22H24N2O4S/c1-2-27-21-10-6-9-18(22(21)28-16-17-7-4-3-5-8-17)15-24-19-11-13-20(14-12-19)29(23,25)26/h3-14,24H,2,15-16H2,1H3,(H2,23,25,26). The first-order valence-corrected chi connectivity index (χ1v) is 10.8. The average molecular weight is 413 g/mol. The molecule has 0 aliphatic rings. The highest BCUT2D eigenvalue weighted by Gasteiger charge is 2.12. The van der Waals surface area contributed by atoms with Crippen molar-refractivity contribution in [3.05, 3.63) is 83.9 Å². The molecule has 6 nitrogen and oxygen atoms in total. The quantitative estimate of drug-likeness (QED) is 0.556. The molecule has 3 aromatic carbocycles. The SMILES string of the molecule is CCOc1cccc(CNc2ccc(S(N)(=O)=O)cc2)c1OCc1ccccc1. The minimum atomic E-state index is -3.70. The van der Waals surface area contributed by atoms with Crippen LogP contribution in [0.15, 0.2) is 77.7 Å². The molecule has 0 radical (unpaired) electrons. The number of nitrogens with two attached hydrogens (primary N) is 1. The third-order valence-electron chi connectivity index (χ3n) is 4.25. The maximum Gasteiger partial charge on any atom is 0.238 e. The Morgan fingerprint density at radius 1 is 0.897 bits per heavy atom. The van der Waals surface area contributed by atoms with Gasteiger partial charge in [-0.1, -0.05) is 42.5 Å². The predicted octanol–water partition coefficient (Wildman–Crippen LogP) is 3.92. The fourth-order valence-electron chi connectivity index (χ4n) is 2.82. The van der Waals surface area contributed by atoms with Crippen molar-refractivity contribution in [2.24, 2.45) is 5.14 Å². The number of para-hydroxylation sites is 1. The summed E-state index contributed by atoms with van der Waals surface area (Å²) in [5.41, 5.74) is 2.77. The Morgan fingerprint density at radius 2 is 1.62 bits per heavy atom. The lowest BCUT2D eigenvalue weighted by atomic mass is 10.1. The number of nitrogens with one attached hydrogen (secondary N) is 1. The molecule has 0 heterocycles. The maximum atomic E-state index is 11.4. The largest absolute Gasteiger partial charge is 0.490 e. The lowest BCUT2D eigenvalue weighted by Gasteiger charge is -2.17. The number of sulfonamides is 1. The van der Waals surface area contributed by atoms with Crippen molar-refractivity contribution in [1.82, 2.24) is 0 Å². The van der Waals surface area contributed by atoms with Crippen LogP contribution in [0.4, 0.5) is 5.69 Å². The molecule has 3 rings (SSSR count).